The van der Waals surface area contributed by atoms with E-state index in [2.05, 4.69) is 5.32 Å². The number of ether oxygens (including phenoxy) is 2. The Morgan fingerprint density at radius 2 is 1.60 bits per heavy atom. The van der Waals surface area contributed by atoms with Crippen LogP contribution in [-0.4, -0.2) is 58.0 Å². The second-order valence-corrected chi connectivity index (χ2v) is 12.6. The molecule has 2 atom stereocenters. The van der Waals surface area contributed by atoms with Crippen LogP contribution in [0.1, 0.15) is 39.2 Å². The minimum atomic E-state index is -4.29. The van der Waals surface area contributed by atoms with E-state index in [9.17, 15) is 18.0 Å². The first-order chi connectivity index (χ1) is 20.5. The van der Waals surface area contributed by atoms with Gasteiger partial charge in [0.15, 0.2) is 0 Å². The van der Waals surface area contributed by atoms with Crippen molar-refractivity contribution in [3.05, 3.63) is 82.3 Å². The zero-order valence-electron chi connectivity index (χ0n) is 24.8. The summed E-state index contributed by atoms with van der Waals surface area (Å²) in [5.74, 6) is -0.377. The Hall–Kier alpha value is -3.47. The number of anilines is 1. The van der Waals surface area contributed by atoms with Gasteiger partial charge in [-0.25, -0.2) is 8.42 Å². The number of carbonyl (C=O) groups is 2. The summed E-state index contributed by atoms with van der Waals surface area (Å²) in [7, 11) is -1.43. The second kappa shape index (κ2) is 15.3. The van der Waals surface area contributed by atoms with E-state index in [0.29, 0.717) is 22.8 Å². The molecule has 3 aromatic rings. The SMILES string of the molecule is CC[C@@H](C)NC(=O)[C@H](CC)N(Cc1ccc(Cl)c(Cl)c1)C(=O)CN(c1cc(OC)ccc1OC)S(=O)(=O)c1ccccc1. The zero-order chi connectivity index (χ0) is 31.7. The van der Waals surface area contributed by atoms with Gasteiger partial charge in [0.2, 0.25) is 11.8 Å². The number of amides is 2. The van der Waals surface area contributed by atoms with Crippen LogP contribution >= 0.6 is 23.2 Å². The third kappa shape index (κ3) is 8.34. The normalized spacial score (nSPS) is 12.6. The first-order valence-electron chi connectivity index (χ1n) is 13.8. The summed E-state index contributed by atoms with van der Waals surface area (Å²) < 4.78 is 40.1. The molecule has 12 heteroatoms. The van der Waals surface area contributed by atoms with Gasteiger partial charge in [-0.15, -0.1) is 0 Å². The van der Waals surface area contributed by atoms with Crippen LogP contribution in [0.2, 0.25) is 10.0 Å². The van der Waals surface area contributed by atoms with Crippen molar-refractivity contribution in [2.75, 3.05) is 25.1 Å². The van der Waals surface area contributed by atoms with E-state index < -0.39 is 28.5 Å². The summed E-state index contributed by atoms with van der Waals surface area (Å²) >= 11 is 12.4. The topological polar surface area (TPSA) is 105 Å². The van der Waals surface area contributed by atoms with Crippen molar-refractivity contribution < 1.29 is 27.5 Å². The smallest absolute Gasteiger partial charge is 0.264 e. The maximum absolute atomic E-state index is 14.3. The van der Waals surface area contributed by atoms with E-state index in [1.165, 1.54) is 37.3 Å². The number of carbonyl (C=O) groups excluding carboxylic acids is 2. The summed E-state index contributed by atoms with van der Waals surface area (Å²) in [6, 6.07) is 16.4. The van der Waals surface area contributed by atoms with Gasteiger partial charge in [0.25, 0.3) is 10.0 Å². The Morgan fingerprint density at radius 3 is 2.19 bits per heavy atom. The molecule has 0 saturated carbocycles. The highest BCUT2D eigenvalue weighted by Crippen LogP contribution is 2.36. The number of rotatable bonds is 14. The van der Waals surface area contributed by atoms with Crippen molar-refractivity contribution in [1.29, 1.82) is 0 Å². The molecule has 3 aromatic carbocycles. The summed E-state index contributed by atoms with van der Waals surface area (Å²) in [5.41, 5.74) is 0.722. The number of hydrogen-bond donors (Lipinski definition) is 1. The van der Waals surface area contributed by atoms with Crippen LogP contribution in [0.25, 0.3) is 0 Å². The van der Waals surface area contributed by atoms with Crippen molar-refractivity contribution in [2.24, 2.45) is 0 Å². The molecule has 232 valence electrons. The summed E-state index contributed by atoms with van der Waals surface area (Å²) in [4.78, 5) is 29.1. The number of nitrogens with one attached hydrogen (secondary N) is 1. The summed E-state index contributed by atoms with van der Waals surface area (Å²) in [6.07, 6.45) is 0.977. The van der Waals surface area contributed by atoms with E-state index in [-0.39, 0.29) is 46.3 Å². The van der Waals surface area contributed by atoms with E-state index >= 15 is 0 Å². The predicted octanol–water partition coefficient (Wildman–Crippen LogP) is 5.93. The van der Waals surface area contributed by atoms with Gasteiger partial charge in [0.1, 0.15) is 24.1 Å². The maximum Gasteiger partial charge on any atom is 0.264 e. The number of hydrogen-bond acceptors (Lipinski definition) is 6. The highest BCUT2D eigenvalue weighted by atomic mass is 35.5. The highest BCUT2D eigenvalue weighted by Gasteiger charge is 2.35. The third-order valence-electron chi connectivity index (χ3n) is 6.99. The average molecular weight is 651 g/mol. The molecule has 0 aliphatic carbocycles. The van der Waals surface area contributed by atoms with Crippen LogP contribution in [0.3, 0.4) is 0 Å². The van der Waals surface area contributed by atoms with E-state index in [4.69, 9.17) is 32.7 Å². The van der Waals surface area contributed by atoms with Gasteiger partial charge in [0, 0.05) is 18.7 Å². The van der Waals surface area contributed by atoms with Crippen LogP contribution in [0.15, 0.2) is 71.6 Å². The highest BCUT2D eigenvalue weighted by molar-refractivity contribution is 7.92. The van der Waals surface area contributed by atoms with Crippen molar-refractivity contribution >= 4 is 50.7 Å². The first kappa shape index (κ1) is 34.0. The summed E-state index contributed by atoms with van der Waals surface area (Å²) in [5, 5.41) is 3.58. The molecular formula is C31H37Cl2N3O6S. The molecule has 0 radical (unpaired) electrons. The number of methoxy groups -OCH3 is 2. The quantitative estimate of drug-likeness (QED) is 0.232. The van der Waals surface area contributed by atoms with Gasteiger partial charge in [-0.05, 0) is 61.7 Å². The van der Waals surface area contributed by atoms with Crippen LogP contribution in [0.4, 0.5) is 5.69 Å². The molecule has 0 saturated heterocycles. The lowest BCUT2D eigenvalue weighted by atomic mass is 10.1. The first-order valence-corrected chi connectivity index (χ1v) is 16.0. The molecule has 0 bridgehead atoms. The van der Waals surface area contributed by atoms with Crippen molar-refractivity contribution in [1.82, 2.24) is 10.2 Å². The molecule has 0 unspecified atom stereocenters. The lowest BCUT2D eigenvalue weighted by molar-refractivity contribution is -0.140. The predicted molar refractivity (Wildman–Crippen MR) is 170 cm³/mol. The zero-order valence-corrected chi connectivity index (χ0v) is 27.2. The molecule has 0 fully saturated rings. The molecule has 9 nitrogen and oxygen atoms in total. The molecule has 0 aromatic heterocycles. The van der Waals surface area contributed by atoms with E-state index in [0.717, 1.165) is 4.31 Å². The van der Waals surface area contributed by atoms with E-state index in [1.54, 1.807) is 55.5 Å². The molecule has 1 N–H and O–H groups in total. The Kier molecular flexibility index (Phi) is 12.1. The molecule has 0 heterocycles. The fourth-order valence-corrected chi connectivity index (χ4v) is 6.18. The Labute approximate surface area is 263 Å². The Morgan fingerprint density at radius 1 is 0.907 bits per heavy atom. The molecule has 0 aliphatic rings. The third-order valence-corrected chi connectivity index (χ3v) is 9.50. The van der Waals surface area contributed by atoms with Crippen LogP contribution in [0.5, 0.6) is 11.5 Å². The fourth-order valence-electron chi connectivity index (χ4n) is 4.42. The molecule has 43 heavy (non-hydrogen) atoms. The van der Waals surface area contributed by atoms with Crippen LogP contribution < -0.4 is 19.1 Å². The summed E-state index contributed by atoms with van der Waals surface area (Å²) in [6.45, 7) is 4.96. The number of sulfonamides is 1. The standard InChI is InChI=1S/C31H37Cl2N3O6S/c1-6-21(3)34-31(38)27(7-2)35(19-22-13-15-25(32)26(33)17-22)30(37)20-36(43(39,40)24-11-9-8-10-12-24)28-18-23(41-4)14-16-29(28)42-5/h8-18,21,27H,6-7,19-20H2,1-5H3,(H,34,38)/t21-,27+/m1/s1. The van der Waals surface area contributed by atoms with Gasteiger partial charge in [-0.1, -0.05) is 61.3 Å². The van der Waals surface area contributed by atoms with Crippen LogP contribution in [0, 0.1) is 0 Å². The van der Waals surface area contributed by atoms with Gasteiger partial charge >= 0.3 is 0 Å². The lowest BCUT2D eigenvalue weighted by Crippen LogP contribution is -2.53. The molecule has 0 aliphatic heterocycles. The molecular weight excluding hydrogens is 613 g/mol. The van der Waals surface area contributed by atoms with Crippen molar-refractivity contribution in [2.45, 2.75) is 57.1 Å². The van der Waals surface area contributed by atoms with Gasteiger partial charge in [0.05, 0.1) is 34.8 Å². The maximum atomic E-state index is 14.3. The fraction of sp³-hybridized carbons (Fsp3) is 0.355. The molecule has 3 rings (SSSR count). The second-order valence-electron chi connectivity index (χ2n) is 9.87. The molecule has 0 spiro atoms. The van der Waals surface area contributed by atoms with Gasteiger partial charge in [-0.2, -0.15) is 0 Å². The molecule has 2 amide bonds. The average Bonchev–Trinajstić information content (AvgIpc) is 3.01. The minimum absolute atomic E-state index is 0.0172. The monoisotopic (exact) mass is 649 g/mol. The number of benzene rings is 3. The largest absolute Gasteiger partial charge is 0.497 e. The van der Waals surface area contributed by atoms with Crippen molar-refractivity contribution in [3.8, 4) is 11.5 Å². The van der Waals surface area contributed by atoms with E-state index in [1.807, 2.05) is 13.8 Å². The number of nitrogens with zero attached hydrogens (tertiary/aromatic N) is 2. The Balaban J connectivity index is 2.15. The number of halogens is 2. The Bertz CT molecular complexity index is 1520. The van der Waals surface area contributed by atoms with Crippen LogP contribution in [-0.2, 0) is 26.2 Å². The lowest BCUT2D eigenvalue weighted by Gasteiger charge is -2.34. The van der Waals surface area contributed by atoms with Gasteiger partial charge in [-0.3, -0.25) is 13.9 Å². The van der Waals surface area contributed by atoms with Gasteiger partial charge < -0.3 is 19.7 Å². The minimum Gasteiger partial charge on any atom is -0.497 e. The van der Waals surface area contributed by atoms with Crippen molar-refractivity contribution in [3.63, 3.8) is 0 Å².